The van der Waals surface area contributed by atoms with Gasteiger partial charge in [-0.05, 0) is 48.6 Å². The van der Waals surface area contributed by atoms with Crippen LogP contribution in [0.1, 0.15) is 42.7 Å². The molecule has 7 nitrogen and oxygen atoms in total. The third kappa shape index (κ3) is 3.39. The maximum absolute atomic E-state index is 12.9. The molecule has 174 valence electrons. The van der Waals surface area contributed by atoms with Gasteiger partial charge in [0.15, 0.2) is 0 Å². The van der Waals surface area contributed by atoms with Crippen molar-refractivity contribution < 1.29 is 4.74 Å². The molecule has 0 aliphatic carbocycles. The van der Waals surface area contributed by atoms with Gasteiger partial charge in [-0.3, -0.25) is 9.48 Å². The molecular formula is C27H23N5O2S. The van der Waals surface area contributed by atoms with E-state index >= 15 is 0 Å². The van der Waals surface area contributed by atoms with E-state index in [1.54, 1.807) is 11.3 Å². The Bertz CT molecular complexity index is 1700. The number of rotatable bonds is 4. The van der Waals surface area contributed by atoms with Gasteiger partial charge in [0.25, 0.3) is 5.56 Å². The SMILES string of the molecule is CCc1n[nH]c(=O)c2c([C@H]3CCCO3)cc(-c3cnn(C)c3-c3sc4ccccc4c3C#N)cc12. The fraction of sp³-hybridized carbons (Fsp3) is 0.259. The van der Waals surface area contributed by atoms with Gasteiger partial charge in [0, 0.05) is 34.7 Å². The molecule has 6 rings (SSSR count). The number of benzene rings is 2. The van der Waals surface area contributed by atoms with Gasteiger partial charge in [-0.1, -0.05) is 25.1 Å². The Labute approximate surface area is 205 Å². The van der Waals surface area contributed by atoms with E-state index in [1.165, 1.54) is 0 Å². The number of nitriles is 1. The summed E-state index contributed by atoms with van der Waals surface area (Å²) < 4.78 is 8.92. The summed E-state index contributed by atoms with van der Waals surface area (Å²) in [5, 5.41) is 24.1. The third-order valence-corrected chi connectivity index (χ3v) is 7.96. The van der Waals surface area contributed by atoms with Crippen LogP contribution in [0, 0.1) is 11.3 Å². The average molecular weight is 482 g/mol. The number of thiophene rings is 1. The zero-order valence-corrected chi connectivity index (χ0v) is 20.3. The van der Waals surface area contributed by atoms with Gasteiger partial charge >= 0.3 is 0 Å². The first-order chi connectivity index (χ1) is 17.1. The minimum absolute atomic E-state index is 0.134. The quantitative estimate of drug-likeness (QED) is 0.366. The standard InChI is InChI=1S/C27H23N5O2S/c1-3-21-17-11-15(12-18(22-8-6-10-34-22)24(17)27(33)31-30-21)20-14-29-32(2)25(20)26-19(13-28)16-7-4-5-9-23(16)35-26/h4-5,7,9,11-12,14,22H,3,6,8,10H2,1-2H3,(H,31,33)/t22-/m1/s1. The van der Waals surface area contributed by atoms with Crippen molar-refractivity contribution in [2.75, 3.05) is 6.61 Å². The number of nitrogens with one attached hydrogen (secondary N) is 1. The molecule has 5 aromatic rings. The summed E-state index contributed by atoms with van der Waals surface area (Å²) in [5.41, 5.74) is 4.93. The molecule has 1 saturated heterocycles. The van der Waals surface area contributed by atoms with Crippen molar-refractivity contribution in [2.45, 2.75) is 32.3 Å². The number of H-pyrrole nitrogens is 1. The second kappa shape index (κ2) is 8.45. The average Bonchev–Trinajstić information content (AvgIpc) is 3.62. The van der Waals surface area contributed by atoms with E-state index in [0.29, 0.717) is 24.0 Å². The molecule has 1 N–H and O–H groups in total. The fourth-order valence-electron chi connectivity index (χ4n) is 5.12. The Balaban J connectivity index is 1.65. The predicted molar refractivity (Wildman–Crippen MR) is 137 cm³/mol. The first-order valence-electron chi connectivity index (χ1n) is 11.7. The summed E-state index contributed by atoms with van der Waals surface area (Å²) in [6.07, 6.45) is 4.23. The first kappa shape index (κ1) is 21.7. The highest BCUT2D eigenvalue weighted by Gasteiger charge is 2.26. The van der Waals surface area contributed by atoms with Gasteiger partial charge in [0.2, 0.25) is 0 Å². The molecule has 0 amide bonds. The normalized spacial score (nSPS) is 15.7. The fourth-order valence-corrected chi connectivity index (χ4v) is 6.37. The van der Waals surface area contributed by atoms with Crippen LogP contribution in [0.4, 0.5) is 0 Å². The summed E-state index contributed by atoms with van der Waals surface area (Å²) in [6, 6.07) is 14.5. The van der Waals surface area contributed by atoms with Crippen LogP contribution >= 0.6 is 11.3 Å². The van der Waals surface area contributed by atoms with Crippen LogP contribution in [0.3, 0.4) is 0 Å². The Hall–Kier alpha value is -3.80. The highest BCUT2D eigenvalue weighted by atomic mass is 32.1. The largest absolute Gasteiger partial charge is 0.374 e. The van der Waals surface area contributed by atoms with Gasteiger partial charge in [-0.2, -0.15) is 15.5 Å². The lowest BCUT2D eigenvalue weighted by Gasteiger charge is -2.16. The summed E-state index contributed by atoms with van der Waals surface area (Å²) in [5.74, 6) is 0. The molecular weight excluding hydrogens is 458 g/mol. The van der Waals surface area contributed by atoms with Gasteiger partial charge in [0.1, 0.15) is 6.07 Å². The lowest BCUT2D eigenvalue weighted by molar-refractivity contribution is 0.113. The predicted octanol–water partition coefficient (Wildman–Crippen LogP) is 5.49. The van der Waals surface area contributed by atoms with Gasteiger partial charge in [-0.25, -0.2) is 5.10 Å². The van der Waals surface area contributed by atoms with Crippen LogP contribution in [-0.4, -0.2) is 26.6 Å². The number of fused-ring (bicyclic) bond motifs is 2. The molecule has 1 aliphatic heterocycles. The summed E-state index contributed by atoms with van der Waals surface area (Å²) in [6.45, 7) is 2.72. The minimum atomic E-state index is -0.197. The molecule has 0 bridgehead atoms. The van der Waals surface area contributed by atoms with Crippen molar-refractivity contribution in [2.24, 2.45) is 7.05 Å². The summed E-state index contributed by atoms with van der Waals surface area (Å²) in [7, 11) is 1.90. The van der Waals surface area contributed by atoms with Crippen molar-refractivity contribution in [1.29, 1.82) is 5.26 Å². The lowest BCUT2D eigenvalue weighted by Crippen LogP contribution is -2.14. The van der Waals surface area contributed by atoms with E-state index in [2.05, 4.69) is 27.4 Å². The van der Waals surface area contributed by atoms with Crippen LogP contribution in [0.5, 0.6) is 0 Å². The molecule has 0 radical (unpaired) electrons. The van der Waals surface area contributed by atoms with Crippen molar-refractivity contribution in [1.82, 2.24) is 20.0 Å². The second-order valence-corrected chi connectivity index (χ2v) is 9.84. The molecule has 4 heterocycles. The molecule has 0 spiro atoms. The van der Waals surface area contributed by atoms with Crippen LogP contribution in [0.25, 0.3) is 42.6 Å². The molecule has 1 atom stereocenters. The highest BCUT2D eigenvalue weighted by molar-refractivity contribution is 7.22. The van der Waals surface area contributed by atoms with Crippen molar-refractivity contribution in [3.63, 3.8) is 0 Å². The van der Waals surface area contributed by atoms with Crippen molar-refractivity contribution >= 4 is 32.2 Å². The van der Waals surface area contributed by atoms with E-state index in [-0.39, 0.29) is 11.7 Å². The number of hydrogen-bond acceptors (Lipinski definition) is 6. The number of hydrogen-bond donors (Lipinski definition) is 1. The number of aromatic nitrogens is 4. The van der Waals surface area contributed by atoms with Gasteiger partial charge < -0.3 is 4.74 Å². The Morgan fingerprint density at radius 3 is 2.91 bits per heavy atom. The van der Waals surface area contributed by atoms with E-state index in [4.69, 9.17) is 4.74 Å². The highest BCUT2D eigenvalue weighted by Crippen LogP contribution is 2.44. The van der Waals surface area contributed by atoms with E-state index in [9.17, 15) is 10.1 Å². The van der Waals surface area contributed by atoms with Crippen molar-refractivity contribution in [3.8, 4) is 27.8 Å². The molecule has 3 aromatic heterocycles. The number of nitrogens with zero attached hydrogens (tertiary/aromatic N) is 4. The molecule has 2 aromatic carbocycles. The van der Waals surface area contributed by atoms with Crippen LogP contribution in [0.15, 0.2) is 47.4 Å². The maximum Gasteiger partial charge on any atom is 0.272 e. The van der Waals surface area contributed by atoms with Crippen LogP contribution in [0.2, 0.25) is 0 Å². The first-order valence-corrected chi connectivity index (χ1v) is 12.5. The number of aromatic amines is 1. The molecule has 0 unspecified atom stereocenters. The van der Waals surface area contributed by atoms with Gasteiger partial charge in [0.05, 0.1) is 39.5 Å². The Morgan fingerprint density at radius 2 is 2.14 bits per heavy atom. The van der Waals surface area contributed by atoms with E-state index in [1.807, 2.05) is 55.2 Å². The lowest BCUT2D eigenvalue weighted by atomic mass is 9.92. The molecule has 8 heteroatoms. The van der Waals surface area contributed by atoms with Crippen LogP contribution in [-0.2, 0) is 18.2 Å². The summed E-state index contributed by atoms with van der Waals surface area (Å²) in [4.78, 5) is 13.8. The van der Waals surface area contributed by atoms with E-state index < -0.39 is 0 Å². The maximum atomic E-state index is 12.9. The minimum Gasteiger partial charge on any atom is -0.374 e. The molecule has 1 fully saturated rings. The van der Waals surface area contributed by atoms with Crippen LogP contribution < -0.4 is 5.56 Å². The number of ether oxygens (including phenoxy) is 1. The summed E-state index contributed by atoms with van der Waals surface area (Å²) >= 11 is 1.60. The topological polar surface area (TPSA) is 96.6 Å². The van der Waals surface area contributed by atoms with Crippen molar-refractivity contribution in [3.05, 3.63) is 69.8 Å². The smallest absolute Gasteiger partial charge is 0.272 e. The number of aryl methyl sites for hydroxylation is 2. The monoisotopic (exact) mass is 481 g/mol. The zero-order chi connectivity index (χ0) is 24.1. The Morgan fingerprint density at radius 1 is 1.29 bits per heavy atom. The van der Waals surface area contributed by atoms with Gasteiger partial charge in [-0.15, -0.1) is 11.3 Å². The Kier molecular flexibility index (Phi) is 5.24. The second-order valence-electron chi connectivity index (χ2n) is 8.79. The third-order valence-electron chi connectivity index (χ3n) is 6.78. The zero-order valence-electron chi connectivity index (χ0n) is 19.5. The molecule has 0 saturated carbocycles. The molecule has 35 heavy (non-hydrogen) atoms. The van der Waals surface area contributed by atoms with E-state index in [0.717, 1.165) is 61.3 Å². The molecule has 1 aliphatic rings.